The molecule has 6 heteroatoms. The molecule has 1 fully saturated rings. The van der Waals surface area contributed by atoms with E-state index in [0.717, 1.165) is 36.1 Å². The summed E-state index contributed by atoms with van der Waals surface area (Å²) < 4.78 is 5.64. The molecule has 0 radical (unpaired) electrons. The molecule has 1 aromatic heterocycles. The molecule has 2 atom stereocenters. The number of carboxylic acid groups (broad SMARTS) is 1. The maximum atomic E-state index is 11.3. The Kier molecular flexibility index (Phi) is 3.91. The van der Waals surface area contributed by atoms with Crippen molar-refractivity contribution < 1.29 is 14.3 Å². The van der Waals surface area contributed by atoms with Gasteiger partial charge in [0.25, 0.3) is 5.22 Å². The van der Waals surface area contributed by atoms with Gasteiger partial charge in [0.05, 0.1) is 0 Å². The summed E-state index contributed by atoms with van der Waals surface area (Å²) in [4.78, 5) is 15.7. The van der Waals surface area contributed by atoms with E-state index in [1.54, 1.807) is 0 Å². The summed E-state index contributed by atoms with van der Waals surface area (Å²) in [7, 11) is 0. The van der Waals surface area contributed by atoms with Gasteiger partial charge in [-0.15, -0.1) is 0 Å². The second kappa shape index (κ2) is 5.69. The summed E-state index contributed by atoms with van der Waals surface area (Å²) in [6.07, 6.45) is 3.12. The first-order chi connectivity index (χ1) is 10.1. The summed E-state index contributed by atoms with van der Waals surface area (Å²) in [5.74, 6) is -0.0762. The van der Waals surface area contributed by atoms with Gasteiger partial charge >= 0.3 is 5.97 Å². The van der Waals surface area contributed by atoms with Crippen LogP contribution in [0, 0.1) is 5.92 Å². The van der Waals surface area contributed by atoms with Crippen LogP contribution in [0.3, 0.4) is 0 Å². The minimum atomic E-state index is -1.05. The van der Waals surface area contributed by atoms with Crippen molar-refractivity contribution in [2.45, 2.75) is 36.4 Å². The molecule has 2 unspecified atom stereocenters. The Morgan fingerprint density at radius 1 is 1.52 bits per heavy atom. The second-order valence-corrected chi connectivity index (χ2v) is 6.57. The topological polar surface area (TPSA) is 89.4 Å². The third-order valence-corrected chi connectivity index (χ3v) is 5.10. The SMILES string of the molecule is NC1(C(=O)O)CCCC1CCSc1nc2ccccc2o1. The van der Waals surface area contributed by atoms with Crippen LogP contribution < -0.4 is 5.73 Å². The number of hydrogen-bond acceptors (Lipinski definition) is 5. The molecule has 0 saturated heterocycles. The van der Waals surface area contributed by atoms with Gasteiger partial charge in [0.2, 0.25) is 0 Å². The highest BCUT2D eigenvalue weighted by atomic mass is 32.2. The second-order valence-electron chi connectivity index (χ2n) is 5.52. The third kappa shape index (κ3) is 2.78. The molecule has 3 N–H and O–H groups in total. The highest BCUT2D eigenvalue weighted by Crippen LogP contribution is 2.37. The molecule has 1 aliphatic rings. The fourth-order valence-corrected chi connectivity index (χ4v) is 3.88. The largest absolute Gasteiger partial charge is 0.480 e. The predicted octanol–water partition coefficient (Wildman–Crippen LogP) is 2.89. The molecule has 1 heterocycles. The number of hydrogen-bond donors (Lipinski definition) is 2. The smallest absolute Gasteiger partial charge is 0.323 e. The van der Waals surface area contributed by atoms with Crippen molar-refractivity contribution in [2.24, 2.45) is 11.7 Å². The van der Waals surface area contributed by atoms with Gasteiger partial charge in [-0.1, -0.05) is 30.3 Å². The molecule has 0 amide bonds. The molecule has 5 nitrogen and oxygen atoms in total. The van der Waals surface area contributed by atoms with E-state index in [9.17, 15) is 9.90 Å². The third-order valence-electron chi connectivity index (χ3n) is 4.24. The van der Waals surface area contributed by atoms with Crippen molar-refractivity contribution in [3.8, 4) is 0 Å². The Hall–Kier alpha value is -1.53. The fraction of sp³-hybridized carbons (Fsp3) is 0.467. The molecule has 0 spiro atoms. The zero-order valence-electron chi connectivity index (χ0n) is 11.6. The van der Waals surface area contributed by atoms with E-state index in [1.807, 2.05) is 24.3 Å². The number of benzene rings is 1. The van der Waals surface area contributed by atoms with Gasteiger partial charge in [-0.2, -0.15) is 0 Å². The molecule has 21 heavy (non-hydrogen) atoms. The Balaban J connectivity index is 1.59. The lowest BCUT2D eigenvalue weighted by atomic mass is 9.86. The van der Waals surface area contributed by atoms with E-state index in [4.69, 9.17) is 10.2 Å². The molecule has 3 rings (SSSR count). The summed E-state index contributed by atoms with van der Waals surface area (Å²) in [6.45, 7) is 0. The Bertz CT molecular complexity index is 624. The van der Waals surface area contributed by atoms with Gasteiger partial charge < -0.3 is 15.3 Å². The predicted molar refractivity (Wildman–Crippen MR) is 81.2 cm³/mol. The number of nitrogens with zero attached hydrogens (tertiary/aromatic N) is 1. The van der Waals surface area contributed by atoms with Crippen molar-refractivity contribution in [1.82, 2.24) is 4.98 Å². The number of rotatable bonds is 5. The lowest BCUT2D eigenvalue weighted by Gasteiger charge is -2.26. The van der Waals surface area contributed by atoms with Gasteiger partial charge in [-0.05, 0) is 37.3 Å². The van der Waals surface area contributed by atoms with Gasteiger partial charge in [0.15, 0.2) is 5.58 Å². The van der Waals surface area contributed by atoms with Gasteiger partial charge in [-0.25, -0.2) is 4.98 Å². The zero-order valence-corrected chi connectivity index (χ0v) is 12.4. The highest BCUT2D eigenvalue weighted by Gasteiger charge is 2.45. The quantitative estimate of drug-likeness (QED) is 0.826. The average molecular weight is 306 g/mol. The summed E-state index contributed by atoms with van der Waals surface area (Å²) >= 11 is 1.52. The molecule has 1 aliphatic carbocycles. The minimum Gasteiger partial charge on any atom is -0.480 e. The number of aromatic nitrogens is 1. The van der Waals surface area contributed by atoms with Crippen molar-refractivity contribution in [3.05, 3.63) is 24.3 Å². The van der Waals surface area contributed by atoms with Gasteiger partial charge in [-0.3, -0.25) is 4.79 Å². The lowest BCUT2D eigenvalue weighted by Crippen LogP contribution is -2.51. The first kappa shape index (κ1) is 14.4. The number of carbonyl (C=O) groups is 1. The van der Waals surface area contributed by atoms with Crippen LogP contribution in [0.1, 0.15) is 25.7 Å². The minimum absolute atomic E-state index is 0.0341. The maximum Gasteiger partial charge on any atom is 0.323 e. The molecule has 1 saturated carbocycles. The average Bonchev–Trinajstić information content (AvgIpc) is 3.03. The number of oxazole rings is 1. The first-order valence-electron chi connectivity index (χ1n) is 7.10. The Morgan fingerprint density at radius 2 is 2.33 bits per heavy atom. The van der Waals surface area contributed by atoms with Crippen LogP contribution in [0.5, 0.6) is 0 Å². The van der Waals surface area contributed by atoms with Crippen LogP contribution in [-0.4, -0.2) is 27.4 Å². The summed E-state index contributed by atoms with van der Waals surface area (Å²) in [6, 6.07) is 7.64. The van der Waals surface area contributed by atoms with Crippen LogP contribution >= 0.6 is 11.8 Å². The fourth-order valence-electron chi connectivity index (χ4n) is 2.99. The molecule has 2 aromatic rings. The van der Waals surface area contributed by atoms with Crippen molar-refractivity contribution >= 4 is 28.8 Å². The molecule has 0 bridgehead atoms. The highest BCUT2D eigenvalue weighted by molar-refractivity contribution is 7.99. The van der Waals surface area contributed by atoms with Crippen LogP contribution in [0.2, 0.25) is 0 Å². The maximum absolute atomic E-state index is 11.3. The molecule has 112 valence electrons. The summed E-state index contributed by atoms with van der Waals surface area (Å²) in [5.41, 5.74) is 6.61. The number of nitrogens with two attached hydrogens (primary N) is 1. The van der Waals surface area contributed by atoms with Crippen LogP contribution in [0.25, 0.3) is 11.1 Å². The van der Waals surface area contributed by atoms with E-state index in [1.165, 1.54) is 11.8 Å². The lowest BCUT2D eigenvalue weighted by molar-refractivity contribution is -0.144. The van der Waals surface area contributed by atoms with E-state index >= 15 is 0 Å². The molecule has 1 aromatic carbocycles. The normalized spacial score (nSPS) is 25.5. The number of para-hydroxylation sites is 2. The number of fused-ring (bicyclic) bond motifs is 1. The molecular weight excluding hydrogens is 288 g/mol. The molecule has 0 aliphatic heterocycles. The van der Waals surface area contributed by atoms with Crippen LogP contribution in [0.4, 0.5) is 0 Å². The number of carboxylic acids is 1. The number of aliphatic carboxylic acids is 1. The first-order valence-corrected chi connectivity index (χ1v) is 8.09. The van der Waals surface area contributed by atoms with Crippen molar-refractivity contribution in [2.75, 3.05) is 5.75 Å². The van der Waals surface area contributed by atoms with Crippen LogP contribution in [-0.2, 0) is 4.79 Å². The van der Waals surface area contributed by atoms with Crippen LogP contribution in [0.15, 0.2) is 33.9 Å². The van der Waals surface area contributed by atoms with Gasteiger partial charge in [0, 0.05) is 5.75 Å². The van der Waals surface area contributed by atoms with E-state index in [2.05, 4.69) is 4.98 Å². The van der Waals surface area contributed by atoms with Crippen molar-refractivity contribution in [1.29, 1.82) is 0 Å². The number of thioether (sulfide) groups is 1. The zero-order chi connectivity index (χ0) is 14.9. The standard InChI is InChI=1S/C15H18N2O3S/c16-15(13(18)19)8-3-4-10(15)7-9-21-14-17-11-5-1-2-6-12(11)20-14/h1-2,5-6,10H,3-4,7-9,16H2,(H,18,19). The van der Waals surface area contributed by atoms with E-state index in [-0.39, 0.29) is 5.92 Å². The van der Waals surface area contributed by atoms with E-state index in [0.29, 0.717) is 11.6 Å². The van der Waals surface area contributed by atoms with Gasteiger partial charge in [0.1, 0.15) is 11.1 Å². The Morgan fingerprint density at radius 3 is 3.10 bits per heavy atom. The van der Waals surface area contributed by atoms with E-state index < -0.39 is 11.5 Å². The van der Waals surface area contributed by atoms with Crippen molar-refractivity contribution in [3.63, 3.8) is 0 Å². The Labute approximate surface area is 126 Å². The monoisotopic (exact) mass is 306 g/mol. The summed E-state index contributed by atoms with van der Waals surface area (Å²) in [5, 5.41) is 9.92. The molecular formula is C15H18N2O3S.